The zero-order chi connectivity index (χ0) is 15.0. The van der Waals surface area contributed by atoms with Crippen LogP contribution in [0.3, 0.4) is 0 Å². The van der Waals surface area contributed by atoms with E-state index < -0.39 is 17.6 Å². The normalized spacial score (nSPS) is 13.5. The van der Waals surface area contributed by atoms with E-state index in [0.717, 1.165) is 4.90 Å². The number of imide groups is 1. The summed E-state index contributed by atoms with van der Waals surface area (Å²) in [7, 11) is 0. The maximum atomic E-state index is 13.6. The fourth-order valence-electron chi connectivity index (χ4n) is 2.08. The third-order valence-electron chi connectivity index (χ3n) is 3.12. The van der Waals surface area contributed by atoms with Crippen molar-refractivity contribution in [3.05, 3.63) is 63.9 Å². The number of fused-ring (bicyclic) bond motifs is 1. The molecule has 0 saturated heterocycles. The van der Waals surface area contributed by atoms with Crippen LogP contribution in [0.2, 0.25) is 0 Å². The van der Waals surface area contributed by atoms with Gasteiger partial charge in [0.15, 0.2) is 18.3 Å². The molecule has 1 aliphatic heterocycles. The van der Waals surface area contributed by atoms with Gasteiger partial charge in [0.2, 0.25) is 0 Å². The SMILES string of the molecule is O=C1c2ccccc2C(=O)N1COc1ccc(Br)cc1F. The van der Waals surface area contributed by atoms with Crippen molar-refractivity contribution in [3.63, 3.8) is 0 Å². The summed E-state index contributed by atoms with van der Waals surface area (Å²) in [4.78, 5) is 25.1. The summed E-state index contributed by atoms with van der Waals surface area (Å²) >= 11 is 3.14. The molecular formula is C15H9BrFNO3. The predicted octanol–water partition coefficient (Wildman–Crippen LogP) is 3.22. The molecular weight excluding hydrogens is 341 g/mol. The van der Waals surface area contributed by atoms with Crippen LogP contribution in [0.15, 0.2) is 46.9 Å². The molecule has 0 aromatic heterocycles. The van der Waals surface area contributed by atoms with Gasteiger partial charge in [-0.15, -0.1) is 0 Å². The Morgan fingerprint density at radius 3 is 2.24 bits per heavy atom. The first kappa shape index (κ1) is 13.8. The van der Waals surface area contributed by atoms with Crippen LogP contribution < -0.4 is 4.74 Å². The topological polar surface area (TPSA) is 46.6 Å². The number of ether oxygens (including phenoxy) is 1. The fraction of sp³-hybridized carbons (Fsp3) is 0.0667. The molecule has 0 fully saturated rings. The lowest BCUT2D eigenvalue weighted by molar-refractivity contribution is 0.0517. The minimum atomic E-state index is -0.569. The summed E-state index contributed by atoms with van der Waals surface area (Å²) < 4.78 is 19.5. The molecule has 1 heterocycles. The standard InChI is InChI=1S/C15H9BrFNO3/c16-9-5-6-13(12(17)7-9)21-8-18-14(19)10-3-1-2-4-11(10)15(18)20/h1-7H,8H2. The first-order valence-corrected chi connectivity index (χ1v) is 6.90. The summed E-state index contributed by atoms with van der Waals surface area (Å²) in [5.74, 6) is -1.46. The van der Waals surface area contributed by atoms with Crippen molar-refractivity contribution in [3.8, 4) is 5.75 Å². The molecule has 1 aliphatic rings. The summed E-state index contributed by atoms with van der Waals surface area (Å²) in [6.07, 6.45) is 0. The fourth-order valence-corrected chi connectivity index (χ4v) is 2.42. The highest BCUT2D eigenvalue weighted by Gasteiger charge is 2.35. The van der Waals surface area contributed by atoms with Crippen LogP contribution in [-0.4, -0.2) is 23.4 Å². The Morgan fingerprint density at radius 2 is 1.67 bits per heavy atom. The van der Waals surface area contributed by atoms with E-state index in [-0.39, 0.29) is 12.5 Å². The van der Waals surface area contributed by atoms with E-state index in [1.54, 1.807) is 30.3 Å². The Bertz CT molecular complexity index is 712. The summed E-state index contributed by atoms with van der Waals surface area (Å²) in [6.45, 7) is -0.328. The molecule has 106 valence electrons. The largest absolute Gasteiger partial charge is 0.469 e. The van der Waals surface area contributed by atoms with Crippen LogP contribution in [0.5, 0.6) is 5.75 Å². The second-order valence-corrected chi connectivity index (χ2v) is 5.35. The molecule has 0 spiro atoms. The van der Waals surface area contributed by atoms with Gasteiger partial charge < -0.3 is 4.74 Å². The highest BCUT2D eigenvalue weighted by molar-refractivity contribution is 9.10. The van der Waals surface area contributed by atoms with Gasteiger partial charge in [-0.2, -0.15) is 0 Å². The van der Waals surface area contributed by atoms with Crippen molar-refractivity contribution < 1.29 is 18.7 Å². The van der Waals surface area contributed by atoms with Crippen LogP contribution in [0.25, 0.3) is 0 Å². The van der Waals surface area contributed by atoms with E-state index >= 15 is 0 Å². The van der Waals surface area contributed by atoms with Gasteiger partial charge >= 0.3 is 0 Å². The van der Waals surface area contributed by atoms with Crippen molar-refractivity contribution >= 4 is 27.7 Å². The third-order valence-corrected chi connectivity index (χ3v) is 3.61. The number of hydrogen-bond acceptors (Lipinski definition) is 3. The predicted molar refractivity (Wildman–Crippen MR) is 76.5 cm³/mol. The van der Waals surface area contributed by atoms with Gasteiger partial charge in [0.1, 0.15) is 0 Å². The molecule has 0 radical (unpaired) electrons. The number of benzene rings is 2. The zero-order valence-electron chi connectivity index (χ0n) is 10.7. The first-order chi connectivity index (χ1) is 10.1. The van der Waals surface area contributed by atoms with Crippen molar-refractivity contribution in [2.24, 2.45) is 0 Å². The van der Waals surface area contributed by atoms with Gasteiger partial charge in [-0.1, -0.05) is 28.1 Å². The van der Waals surface area contributed by atoms with Crippen LogP contribution in [0, 0.1) is 5.82 Å². The Kier molecular flexibility index (Phi) is 3.47. The van der Waals surface area contributed by atoms with E-state index in [1.807, 2.05) is 0 Å². The number of rotatable bonds is 3. The van der Waals surface area contributed by atoms with Crippen molar-refractivity contribution in [2.75, 3.05) is 6.73 Å². The summed E-state index contributed by atoms with van der Waals surface area (Å²) in [5, 5.41) is 0. The molecule has 4 nitrogen and oxygen atoms in total. The smallest absolute Gasteiger partial charge is 0.264 e. The minimum absolute atomic E-state index is 0.0187. The molecule has 2 aromatic carbocycles. The number of carbonyl (C=O) groups is 2. The molecule has 3 rings (SSSR count). The summed E-state index contributed by atoms with van der Waals surface area (Å²) in [6, 6.07) is 10.8. The van der Waals surface area contributed by atoms with Crippen LogP contribution in [0.4, 0.5) is 4.39 Å². The average Bonchev–Trinajstić information content (AvgIpc) is 2.71. The number of carbonyl (C=O) groups excluding carboxylic acids is 2. The van der Waals surface area contributed by atoms with E-state index in [1.165, 1.54) is 12.1 Å². The monoisotopic (exact) mass is 349 g/mol. The van der Waals surface area contributed by atoms with Gasteiger partial charge in [-0.05, 0) is 30.3 Å². The minimum Gasteiger partial charge on any atom is -0.469 e. The van der Waals surface area contributed by atoms with Crippen LogP contribution in [-0.2, 0) is 0 Å². The van der Waals surface area contributed by atoms with Crippen molar-refractivity contribution in [1.82, 2.24) is 4.90 Å². The van der Waals surface area contributed by atoms with Gasteiger partial charge in [0.25, 0.3) is 11.8 Å². The van der Waals surface area contributed by atoms with Crippen LogP contribution in [0.1, 0.15) is 20.7 Å². The average molecular weight is 350 g/mol. The number of nitrogens with zero attached hydrogens (tertiary/aromatic N) is 1. The summed E-state index contributed by atoms with van der Waals surface area (Å²) in [5.41, 5.74) is 0.671. The molecule has 21 heavy (non-hydrogen) atoms. The number of hydrogen-bond donors (Lipinski definition) is 0. The second-order valence-electron chi connectivity index (χ2n) is 4.43. The molecule has 2 amide bonds. The molecule has 0 unspecified atom stereocenters. The highest BCUT2D eigenvalue weighted by Crippen LogP contribution is 2.25. The van der Waals surface area contributed by atoms with Crippen molar-refractivity contribution in [2.45, 2.75) is 0 Å². The quantitative estimate of drug-likeness (QED) is 0.799. The lowest BCUT2D eigenvalue weighted by atomic mass is 10.1. The van der Waals surface area contributed by atoms with Gasteiger partial charge in [0.05, 0.1) is 11.1 Å². The molecule has 0 atom stereocenters. The van der Waals surface area contributed by atoms with Crippen molar-refractivity contribution in [1.29, 1.82) is 0 Å². The third kappa shape index (κ3) is 2.42. The Labute approximate surface area is 128 Å². The number of amides is 2. The Hall–Kier alpha value is -2.21. The highest BCUT2D eigenvalue weighted by atomic mass is 79.9. The maximum absolute atomic E-state index is 13.6. The van der Waals surface area contributed by atoms with E-state index in [4.69, 9.17) is 4.74 Å². The Morgan fingerprint density at radius 1 is 1.05 bits per heavy atom. The van der Waals surface area contributed by atoms with E-state index in [0.29, 0.717) is 15.6 Å². The maximum Gasteiger partial charge on any atom is 0.264 e. The molecule has 2 aromatic rings. The molecule has 0 aliphatic carbocycles. The van der Waals surface area contributed by atoms with Crippen LogP contribution >= 0.6 is 15.9 Å². The molecule has 0 N–H and O–H groups in total. The first-order valence-electron chi connectivity index (χ1n) is 6.11. The molecule has 6 heteroatoms. The van der Waals surface area contributed by atoms with Gasteiger partial charge in [-0.3, -0.25) is 9.59 Å². The lowest BCUT2D eigenvalue weighted by Crippen LogP contribution is -2.33. The molecule has 0 bridgehead atoms. The molecule has 0 saturated carbocycles. The lowest BCUT2D eigenvalue weighted by Gasteiger charge is -2.15. The van der Waals surface area contributed by atoms with E-state index in [9.17, 15) is 14.0 Å². The van der Waals surface area contributed by atoms with Gasteiger partial charge in [0, 0.05) is 4.47 Å². The number of halogens is 2. The zero-order valence-corrected chi connectivity index (χ0v) is 12.3. The van der Waals surface area contributed by atoms with Gasteiger partial charge in [-0.25, -0.2) is 9.29 Å². The van der Waals surface area contributed by atoms with E-state index in [2.05, 4.69) is 15.9 Å². The Balaban J connectivity index is 1.78. The second kappa shape index (κ2) is 5.29.